The molecule has 5 atom stereocenters. The fraction of sp³-hybridized carbons (Fsp3) is 0.842. The number of ether oxygens (including phenoxy) is 4. The first-order chi connectivity index (χ1) is 12.0. The summed E-state index contributed by atoms with van der Waals surface area (Å²) >= 11 is 0. The summed E-state index contributed by atoms with van der Waals surface area (Å²) in [7, 11) is 1.37. The molecule has 0 aromatic heterocycles. The molecule has 3 aliphatic rings. The Morgan fingerprint density at radius 3 is 2.72 bits per heavy atom. The van der Waals surface area contributed by atoms with Crippen LogP contribution in [-0.4, -0.2) is 54.5 Å². The Hall–Kier alpha value is -0.950. The van der Waals surface area contributed by atoms with Crippen molar-refractivity contribution in [3.8, 4) is 0 Å². The third kappa shape index (κ3) is 4.42. The van der Waals surface area contributed by atoms with Crippen LogP contribution in [0.5, 0.6) is 0 Å². The van der Waals surface area contributed by atoms with Gasteiger partial charge in [-0.3, -0.25) is 4.79 Å². The summed E-state index contributed by atoms with van der Waals surface area (Å²) in [6.07, 6.45) is 9.32. The van der Waals surface area contributed by atoms with Crippen LogP contribution >= 0.6 is 0 Å². The van der Waals surface area contributed by atoms with Crippen LogP contribution < -0.4 is 0 Å². The zero-order chi connectivity index (χ0) is 17.9. The number of aliphatic hydroxyl groups excluding tert-OH is 1. The van der Waals surface area contributed by atoms with E-state index in [1.54, 1.807) is 6.08 Å². The first kappa shape index (κ1) is 18.8. The highest BCUT2D eigenvalue weighted by Crippen LogP contribution is 2.43. The van der Waals surface area contributed by atoms with E-state index in [4.69, 9.17) is 14.2 Å². The molecule has 1 saturated carbocycles. The number of esters is 1. The van der Waals surface area contributed by atoms with Crippen molar-refractivity contribution < 1.29 is 28.8 Å². The lowest BCUT2D eigenvalue weighted by Gasteiger charge is -2.32. The quantitative estimate of drug-likeness (QED) is 0.604. The summed E-state index contributed by atoms with van der Waals surface area (Å²) in [5.74, 6) is -0.708. The first-order valence-corrected chi connectivity index (χ1v) is 9.44. The van der Waals surface area contributed by atoms with E-state index >= 15 is 0 Å². The smallest absolute Gasteiger partial charge is 0.309 e. The molecule has 0 radical (unpaired) electrons. The van der Waals surface area contributed by atoms with Crippen LogP contribution in [0.1, 0.15) is 58.3 Å². The lowest BCUT2D eigenvalue weighted by Crippen LogP contribution is -2.36. The molecule has 2 saturated heterocycles. The van der Waals surface area contributed by atoms with Crippen molar-refractivity contribution >= 4 is 5.97 Å². The molecular formula is C19H30O6. The molecule has 1 N–H and O–H groups in total. The molecule has 0 bridgehead atoms. The molecule has 3 fully saturated rings. The lowest BCUT2D eigenvalue weighted by molar-refractivity contribution is -0.201. The van der Waals surface area contributed by atoms with Gasteiger partial charge in [0, 0.05) is 19.3 Å². The van der Waals surface area contributed by atoms with Gasteiger partial charge in [0.1, 0.15) is 6.10 Å². The molecule has 6 nitrogen and oxygen atoms in total. The summed E-state index contributed by atoms with van der Waals surface area (Å²) in [6.45, 7) is 2.04. The van der Waals surface area contributed by atoms with Gasteiger partial charge in [0.05, 0.1) is 37.9 Å². The zero-order valence-corrected chi connectivity index (χ0v) is 15.2. The van der Waals surface area contributed by atoms with Crippen molar-refractivity contribution in [1.29, 1.82) is 0 Å². The van der Waals surface area contributed by atoms with E-state index in [1.165, 1.54) is 13.5 Å². The second-order valence-electron chi connectivity index (χ2n) is 7.38. The van der Waals surface area contributed by atoms with E-state index in [2.05, 4.69) is 4.74 Å². The monoisotopic (exact) mass is 354 g/mol. The van der Waals surface area contributed by atoms with Crippen molar-refractivity contribution in [2.45, 2.75) is 94.6 Å². The largest absolute Gasteiger partial charge is 0.469 e. The number of carbonyl (C=O) groups is 1. The number of methoxy groups -OCH3 is 1. The summed E-state index contributed by atoms with van der Waals surface area (Å²) < 4.78 is 23.2. The van der Waals surface area contributed by atoms with E-state index in [0.29, 0.717) is 12.8 Å². The standard InChI is InChI=1S/C19H30O6/c1-13-18(25-19(24-13)10-6-3-7-11-19)16-12-14(20)15(23-16)8-4-5-9-17(21)22-2/h4-5,13-16,18,20H,3,6-12H2,1-2H3/b5-4+/t13-,14+,15+,16-,18-/m1/s1. The minimum Gasteiger partial charge on any atom is -0.469 e. The molecule has 1 spiro atoms. The van der Waals surface area contributed by atoms with Crippen molar-refractivity contribution in [2.75, 3.05) is 7.11 Å². The molecule has 0 aromatic carbocycles. The number of hydrogen-bond donors (Lipinski definition) is 1. The van der Waals surface area contributed by atoms with Gasteiger partial charge in [0.25, 0.3) is 0 Å². The van der Waals surface area contributed by atoms with Gasteiger partial charge in [-0.15, -0.1) is 0 Å². The van der Waals surface area contributed by atoms with Gasteiger partial charge in [-0.05, 0) is 26.2 Å². The Labute approximate surface area is 149 Å². The van der Waals surface area contributed by atoms with Crippen molar-refractivity contribution in [3.63, 3.8) is 0 Å². The van der Waals surface area contributed by atoms with E-state index in [9.17, 15) is 9.90 Å². The maximum Gasteiger partial charge on any atom is 0.309 e. The van der Waals surface area contributed by atoms with Crippen molar-refractivity contribution in [1.82, 2.24) is 0 Å². The minimum absolute atomic E-state index is 0.0242. The van der Waals surface area contributed by atoms with Crippen LogP contribution in [-0.2, 0) is 23.7 Å². The van der Waals surface area contributed by atoms with Crippen molar-refractivity contribution in [2.24, 2.45) is 0 Å². The van der Waals surface area contributed by atoms with Gasteiger partial charge in [-0.2, -0.15) is 0 Å². The molecule has 2 heterocycles. The van der Waals surface area contributed by atoms with Crippen molar-refractivity contribution in [3.05, 3.63) is 12.2 Å². The first-order valence-electron chi connectivity index (χ1n) is 9.44. The van der Waals surface area contributed by atoms with Gasteiger partial charge >= 0.3 is 5.97 Å². The Morgan fingerprint density at radius 1 is 1.24 bits per heavy atom. The molecular weight excluding hydrogens is 324 g/mol. The van der Waals surface area contributed by atoms with Crippen LogP contribution in [0.25, 0.3) is 0 Å². The molecule has 0 unspecified atom stereocenters. The highest BCUT2D eigenvalue weighted by molar-refractivity contribution is 5.70. The number of hydrogen-bond acceptors (Lipinski definition) is 6. The average Bonchev–Trinajstić information content (AvgIpc) is 3.12. The second kappa shape index (κ2) is 8.16. The van der Waals surface area contributed by atoms with Gasteiger partial charge in [-0.1, -0.05) is 18.6 Å². The predicted octanol–water partition coefficient (Wildman–Crippen LogP) is 2.48. The van der Waals surface area contributed by atoms with E-state index in [0.717, 1.165) is 25.7 Å². The van der Waals surface area contributed by atoms with Crippen LogP contribution in [0.4, 0.5) is 0 Å². The highest BCUT2D eigenvalue weighted by Gasteiger charge is 2.51. The molecule has 0 amide bonds. The molecule has 3 rings (SSSR count). The van der Waals surface area contributed by atoms with E-state index in [-0.39, 0.29) is 36.8 Å². The summed E-state index contributed by atoms with van der Waals surface area (Å²) in [6, 6.07) is 0. The highest BCUT2D eigenvalue weighted by atomic mass is 16.8. The zero-order valence-electron chi connectivity index (χ0n) is 15.2. The number of carbonyl (C=O) groups excluding carboxylic acids is 1. The Balaban J connectivity index is 1.51. The molecule has 6 heteroatoms. The van der Waals surface area contributed by atoms with E-state index < -0.39 is 11.9 Å². The molecule has 25 heavy (non-hydrogen) atoms. The average molecular weight is 354 g/mol. The van der Waals surface area contributed by atoms with Crippen LogP contribution in [0.3, 0.4) is 0 Å². The fourth-order valence-corrected chi connectivity index (χ4v) is 4.16. The third-order valence-corrected chi connectivity index (χ3v) is 5.50. The second-order valence-corrected chi connectivity index (χ2v) is 7.38. The minimum atomic E-state index is -0.522. The van der Waals surface area contributed by atoms with Gasteiger partial charge < -0.3 is 24.1 Å². The number of rotatable bonds is 5. The maximum atomic E-state index is 11.1. The number of aliphatic hydroxyl groups is 1. The van der Waals surface area contributed by atoms with Crippen LogP contribution in [0, 0.1) is 0 Å². The van der Waals surface area contributed by atoms with Gasteiger partial charge in [0.2, 0.25) is 0 Å². The Bertz CT molecular complexity index is 484. The summed E-state index contributed by atoms with van der Waals surface area (Å²) in [4.78, 5) is 11.1. The SMILES string of the molecule is COC(=O)C/C=C/C[C@@H]1O[C@@H]([C@@H]2OC3(CCCCC3)O[C@@H]2C)C[C@@H]1O. The Morgan fingerprint density at radius 2 is 2.00 bits per heavy atom. The normalized spacial score (nSPS) is 37.8. The predicted molar refractivity (Wildman–Crippen MR) is 90.9 cm³/mol. The maximum absolute atomic E-state index is 11.1. The van der Waals surface area contributed by atoms with Crippen LogP contribution in [0.15, 0.2) is 12.2 Å². The Kier molecular flexibility index (Phi) is 6.15. The van der Waals surface area contributed by atoms with Gasteiger partial charge in [0.15, 0.2) is 5.79 Å². The topological polar surface area (TPSA) is 74.2 Å². The third-order valence-electron chi connectivity index (χ3n) is 5.50. The van der Waals surface area contributed by atoms with Crippen LogP contribution in [0.2, 0.25) is 0 Å². The molecule has 1 aliphatic carbocycles. The van der Waals surface area contributed by atoms with Gasteiger partial charge in [-0.25, -0.2) is 0 Å². The van der Waals surface area contributed by atoms with E-state index in [1.807, 2.05) is 13.0 Å². The fourth-order valence-electron chi connectivity index (χ4n) is 4.16. The summed E-state index contributed by atoms with van der Waals surface area (Å²) in [5, 5.41) is 10.3. The molecule has 0 aromatic rings. The lowest BCUT2D eigenvalue weighted by atomic mass is 9.94. The molecule has 142 valence electrons. The molecule has 2 aliphatic heterocycles. The summed E-state index contributed by atoms with van der Waals surface area (Å²) in [5.41, 5.74) is 0.